The first-order valence-electron chi connectivity index (χ1n) is 9.23. The van der Waals surface area contributed by atoms with Gasteiger partial charge in [0.05, 0.1) is 5.92 Å². The summed E-state index contributed by atoms with van der Waals surface area (Å²) in [6.45, 7) is 0.312. The standard InChI is InChI=1S/C19H17F3N6S2/c20-19(21,22)13-6-5-11-28(12-13)16-25-17(29-14-7-1-3-9-23-14)27-18(26-16)30-15-8-2-4-10-24-15/h1-4,7-10,13H,5-6,11-12H2. The van der Waals surface area contributed by atoms with Crippen LogP contribution in [0.4, 0.5) is 19.1 Å². The molecule has 4 rings (SSSR count). The zero-order chi connectivity index (χ0) is 21.0. The van der Waals surface area contributed by atoms with Crippen molar-refractivity contribution < 1.29 is 13.2 Å². The number of nitrogens with zero attached hydrogens (tertiary/aromatic N) is 6. The lowest BCUT2D eigenvalue weighted by Gasteiger charge is -2.33. The molecule has 156 valence electrons. The van der Waals surface area contributed by atoms with Gasteiger partial charge in [0.25, 0.3) is 0 Å². The SMILES string of the molecule is FC(F)(F)C1CCCN(c2nc(Sc3ccccn3)nc(Sc3ccccn3)n2)C1. The molecule has 6 nitrogen and oxygen atoms in total. The Labute approximate surface area is 179 Å². The maximum atomic E-state index is 13.3. The highest BCUT2D eigenvalue weighted by Gasteiger charge is 2.42. The molecule has 1 unspecified atom stereocenters. The topological polar surface area (TPSA) is 67.7 Å². The maximum absolute atomic E-state index is 13.3. The number of rotatable bonds is 5. The zero-order valence-corrected chi connectivity index (χ0v) is 17.3. The number of hydrogen-bond acceptors (Lipinski definition) is 8. The quantitative estimate of drug-likeness (QED) is 0.552. The summed E-state index contributed by atoms with van der Waals surface area (Å²) in [5, 5.41) is 2.14. The molecule has 0 aromatic carbocycles. The Morgan fingerprint density at radius 1 is 0.867 bits per heavy atom. The highest BCUT2D eigenvalue weighted by Crippen LogP contribution is 2.35. The van der Waals surface area contributed by atoms with Crippen LogP contribution in [0.5, 0.6) is 0 Å². The van der Waals surface area contributed by atoms with E-state index in [0.717, 1.165) is 0 Å². The summed E-state index contributed by atoms with van der Waals surface area (Å²) >= 11 is 2.48. The van der Waals surface area contributed by atoms with Crippen molar-refractivity contribution in [3.8, 4) is 0 Å². The van der Waals surface area contributed by atoms with Crippen LogP contribution in [0.25, 0.3) is 0 Å². The smallest absolute Gasteiger partial charge is 0.340 e. The van der Waals surface area contributed by atoms with Gasteiger partial charge in [0.1, 0.15) is 10.1 Å². The molecule has 3 aromatic heterocycles. The lowest BCUT2D eigenvalue weighted by Crippen LogP contribution is -2.42. The monoisotopic (exact) mass is 450 g/mol. The highest BCUT2D eigenvalue weighted by molar-refractivity contribution is 7.99. The molecule has 0 N–H and O–H groups in total. The van der Waals surface area contributed by atoms with Crippen LogP contribution in [0.1, 0.15) is 12.8 Å². The average Bonchev–Trinajstić information content (AvgIpc) is 2.74. The molecule has 4 heterocycles. The van der Waals surface area contributed by atoms with Gasteiger partial charge in [0.2, 0.25) is 5.95 Å². The van der Waals surface area contributed by atoms with Crippen LogP contribution in [0.3, 0.4) is 0 Å². The van der Waals surface area contributed by atoms with Crippen LogP contribution >= 0.6 is 23.5 Å². The van der Waals surface area contributed by atoms with Gasteiger partial charge in [-0.3, -0.25) is 0 Å². The van der Waals surface area contributed by atoms with Crippen molar-refractivity contribution in [3.05, 3.63) is 48.8 Å². The molecule has 30 heavy (non-hydrogen) atoms. The minimum absolute atomic E-state index is 0.121. The van der Waals surface area contributed by atoms with Crippen molar-refractivity contribution >= 4 is 29.5 Å². The van der Waals surface area contributed by atoms with Crippen LogP contribution in [0.15, 0.2) is 69.2 Å². The molecule has 1 atom stereocenters. The van der Waals surface area contributed by atoms with Gasteiger partial charge >= 0.3 is 6.18 Å². The summed E-state index contributed by atoms with van der Waals surface area (Å²) in [4.78, 5) is 23.4. The minimum Gasteiger partial charge on any atom is -0.340 e. The number of piperidine rings is 1. The normalized spacial score (nSPS) is 17.2. The third-order valence-electron chi connectivity index (χ3n) is 4.42. The van der Waals surface area contributed by atoms with Gasteiger partial charge in [-0.25, -0.2) is 9.97 Å². The van der Waals surface area contributed by atoms with E-state index in [9.17, 15) is 13.2 Å². The first-order chi connectivity index (χ1) is 14.5. The molecule has 1 fully saturated rings. The fourth-order valence-corrected chi connectivity index (χ4v) is 4.46. The van der Waals surface area contributed by atoms with E-state index >= 15 is 0 Å². The molecule has 3 aromatic rings. The van der Waals surface area contributed by atoms with Crippen molar-refractivity contribution in [2.45, 2.75) is 39.4 Å². The van der Waals surface area contributed by atoms with E-state index in [1.54, 1.807) is 29.4 Å². The average molecular weight is 451 g/mol. The second kappa shape index (κ2) is 9.17. The zero-order valence-electron chi connectivity index (χ0n) is 15.7. The number of alkyl halides is 3. The molecule has 0 spiro atoms. The summed E-state index contributed by atoms with van der Waals surface area (Å²) in [5.41, 5.74) is 0. The Hall–Kier alpha value is -2.40. The van der Waals surface area contributed by atoms with Crippen LogP contribution in [0.2, 0.25) is 0 Å². The van der Waals surface area contributed by atoms with Gasteiger partial charge in [-0.15, -0.1) is 0 Å². The van der Waals surface area contributed by atoms with E-state index in [4.69, 9.17) is 0 Å². The molecule has 0 saturated carbocycles. The molecule has 0 bridgehead atoms. The maximum Gasteiger partial charge on any atom is 0.393 e. The largest absolute Gasteiger partial charge is 0.393 e. The van der Waals surface area contributed by atoms with E-state index in [1.165, 1.54) is 23.5 Å². The summed E-state index contributed by atoms with van der Waals surface area (Å²) in [7, 11) is 0. The van der Waals surface area contributed by atoms with Crippen LogP contribution in [0, 0.1) is 5.92 Å². The van der Waals surface area contributed by atoms with Gasteiger partial charge in [-0.05, 0) is 60.6 Å². The molecule has 1 aliphatic rings. The Bertz CT molecular complexity index is 915. The fraction of sp³-hybridized carbons (Fsp3) is 0.316. The van der Waals surface area contributed by atoms with Gasteiger partial charge in [0, 0.05) is 25.5 Å². The van der Waals surface area contributed by atoms with Crippen molar-refractivity contribution in [1.82, 2.24) is 24.9 Å². The number of aromatic nitrogens is 5. The summed E-state index contributed by atoms with van der Waals surface area (Å²) in [6, 6.07) is 10.9. The van der Waals surface area contributed by atoms with Crippen LogP contribution in [-0.2, 0) is 0 Å². The Morgan fingerprint density at radius 3 is 1.97 bits per heavy atom. The molecule has 1 saturated heterocycles. The van der Waals surface area contributed by atoms with Gasteiger partial charge in [-0.1, -0.05) is 12.1 Å². The molecule has 11 heteroatoms. The number of pyridine rings is 2. The number of halogens is 3. The van der Waals surface area contributed by atoms with Gasteiger partial charge in [0.15, 0.2) is 10.3 Å². The molecule has 0 aliphatic carbocycles. The van der Waals surface area contributed by atoms with Crippen molar-refractivity contribution in [1.29, 1.82) is 0 Å². The predicted octanol–water partition coefficient (Wildman–Crippen LogP) is 4.74. The summed E-state index contributed by atoms with van der Waals surface area (Å²) in [6.07, 6.45) is -0.362. The Morgan fingerprint density at radius 2 is 1.47 bits per heavy atom. The number of hydrogen-bond donors (Lipinski definition) is 0. The van der Waals surface area contributed by atoms with Crippen molar-refractivity contribution in [3.63, 3.8) is 0 Å². The molecular weight excluding hydrogens is 433 g/mol. The molecular formula is C19H17F3N6S2. The third kappa shape index (κ3) is 5.39. The van der Waals surface area contributed by atoms with E-state index in [1.807, 2.05) is 24.3 Å². The Kier molecular flexibility index (Phi) is 6.38. The van der Waals surface area contributed by atoms with Crippen LogP contribution < -0.4 is 4.90 Å². The van der Waals surface area contributed by atoms with Crippen molar-refractivity contribution in [2.24, 2.45) is 5.92 Å². The van der Waals surface area contributed by atoms with Gasteiger partial charge < -0.3 is 4.90 Å². The first-order valence-corrected chi connectivity index (χ1v) is 10.9. The predicted molar refractivity (Wildman–Crippen MR) is 108 cm³/mol. The lowest BCUT2D eigenvalue weighted by molar-refractivity contribution is -0.176. The molecule has 0 amide bonds. The van der Waals surface area contributed by atoms with E-state index in [2.05, 4.69) is 24.9 Å². The fourth-order valence-electron chi connectivity index (χ4n) is 2.99. The number of anilines is 1. The van der Waals surface area contributed by atoms with E-state index < -0.39 is 12.1 Å². The second-order valence-electron chi connectivity index (χ2n) is 6.57. The Balaban J connectivity index is 1.64. The second-order valence-corrected chi connectivity index (χ2v) is 8.54. The van der Waals surface area contributed by atoms with Crippen LogP contribution in [-0.4, -0.2) is 44.2 Å². The lowest BCUT2D eigenvalue weighted by atomic mass is 9.98. The van der Waals surface area contributed by atoms with Gasteiger partial charge in [-0.2, -0.15) is 28.1 Å². The highest BCUT2D eigenvalue weighted by atomic mass is 32.2. The van der Waals surface area contributed by atoms with E-state index in [-0.39, 0.29) is 18.9 Å². The van der Waals surface area contributed by atoms with E-state index in [0.29, 0.717) is 33.3 Å². The minimum atomic E-state index is -4.23. The summed E-state index contributed by atoms with van der Waals surface area (Å²) < 4.78 is 39.8. The summed E-state index contributed by atoms with van der Waals surface area (Å²) in [5.74, 6) is -1.14. The first kappa shape index (κ1) is 20.9. The molecule has 1 aliphatic heterocycles. The van der Waals surface area contributed by atoms with Crippen molar-refractivity contribution in [2.75, 3.05) is 18.0 Å². The molecule has 0 radical (unpaired) electrons. The third-order valence-corrected chi connectivity index (χ3v) is 6.05.